The van der Waals surface area contributed by atoms with E-state index in [1.807, 2.05) is 0 Å². The van der Waals surface area contributed by atoms with Crippen molar-refractivity contribution in [1.82, 2.24) is 0 Å². The standard InChI is InChI=1S/C34H62/c1-3-5-7-8-9-10-14-31-21-25-33(26-22-31)34-27-23-32(24-28-34)16-12-11-15-30-19-17-29(18-20-30)13-6-4-2/h4,29-34H,2-3,5-28H2,1H3. The smallest absolute Gasteiger partial charge is 0.0351 e. The molecule has 198 valence electrons. The molecule has 3 fully saturated rings. The Bertz CT molecular complexity index is 482. The summed E-state index contributed by atoms with van der Waals surface area (Å²) in [6, 6.07) is 0. The molecular formula is C34H62. The first-order valence-electron chi connectivity index (χ1n) is 16.4. The summed E-state index contributed by atoms with van der Waals surface area (Å²) in [6.45, 7) is 6.22. The van der Waals surface area contributed by atoms with Gasteiger partial charge in [-0.05, 0) is 74.0 Å². The minimum atomic E-state index is 1.01. The summed E-state index contributed by atoms with van der Waals surface area (Å²) in [5.41, 5.74) is 0. The first kappa shape index (κ1) is 28.3. The summed E-state index contributed by atoms with van der Waals surface area (Å²) in [5, 5.41) is 0. The maximum atomic E-state index is 3.90. The van der Waals surface area contributed by atoms with Gasteiger partial charge in [0.25, 0.3) is 0 Å². The molecule has 0 heterocycles. The Hall–Kier alpha value is -0.260. The molecule has 0 spiro atoms. The topological polar surface area (TPSA) is 0 Å². The van der Waals surface area contributed by atoms with Crippen molar-refractivity contribution in [1.29, 1.82) is 0 Å². The summed E-state index contributed by atoms with van der Waals surface area (Å²) >= 11 is 0. The fourth-order valence-electron chi connectivity index (χ4n) is 8.14. The van der Waals surface area contributed by atoms with Gasteiger partial charge in [0, 0.05) is 0 Å². The van der Waals surface area contributed by atoms with Gasteiger partial charge in [0.1, 0.15) is 0 Å². The SMILES string of the molecule is C=CCCC1CCC(CCCCC2CCC(C3CCC(CCCCCCCC)CC3)CC2)CC1. The Balaban J connectivity index is 1.16. The average molecular weight is 471 g/mol. The molecular weight excluding hydrogens is 408 g/mol. The molecule has 0 amide bonds. The van der Waals surface area contributed by atoms with E-state index in [4.69, 9.17) is 0 Å². The van der Waals surface area contributed by atoms with Crippen LogP contribution in [0.2, 0.25) is 0 Å². The van der Waals surface area contributed by atoms with Crippen LogP contribution in [-0.2, 0) is 0 Å². The lowest BCUT2D eigenvalue weighted by Crippen LogP contribution is -2.26. The summed E-state index contributed by atoms with van der Waals surface area (Å²) < 4.78 is 0. The maximum absolute atomic E-state index is 3.90. The molecule has 3 rings (SSSR count). The van der Waals surface area contributed by atoms with E-state index < -0.39 is 0 Å². The monoisotopic (exact) mass is 470 g/mol. The number of hydrogen-bond acceptors (Lipinski definition) is 0. The van der Waals surface area contributed by atoms with Gasteiger partial charge in [0.2, 0.25) is 0 Å². The lowest BCUT2D eigenvalue weighted by atomic mass is 9.68. The Labute approximate surface area is 215 Å². The number of hydrogen-bond donors (Lipinski definition) is 0. The van der Waals surface area contributed by atoms with Crippen LogP contribution in [0.5, 0.6) is 0 Å². The molecule has 0 saturated heterocycles. The van der Waals surface area contributed by atoms with E-state index in [-0.39, 0.29) is 0 Å². The highest BCUT2D eigenvalue weighted by Crippen LogP contribution is 2.43. The second-order valence-corrected chi connectivity index (χ2v) is 13.2. The largest absolute Gasteiger partial charge is 0.103 e. The van der Waals surface area contributed by atoms with Crippen molar-refractivity contribution in [2.24, 2.45) is 35.5 Å². The van der Waals surface area contributed by atoms with Crippen molar-refractivity contribution in [3.63, 3.8) is 0 Å². The zero-order chi connectivity index (χ0) is 23.8. The number of allylic oxidation sites excluding steroid dienone is 1. The Morgan fingerprint density at radius 1 is 0.471 bits per heavy atom. The van der Waals surface area contributed by atoms with Crippen LogP contribution in [0.4, 0.5) is 0 Å². The van der Waals surface area contributed by atoms with Crippen molar-refractivity contribution in [2.75, 3.05) is 0 Å². The van der Waals surface area contributed by atoms with Crippen molar-refractivity contribution >= 4 is 0 Å². The van der Waals surface area contributed by atoms with Crippen LogP contribution >= 0.6 is 0 Å². The average Bonchev–Trinajstić information content (AvgIpc) is 2.89. The molecule has 3 aliphatic carbocycles. The van der Waals surface area contributed by atoms with Gasteiger partial charge in [-0.15, -0.1) is 6.58 Å². The quantitative estimate of drug-likeness (QED) is 0.155. The molecule has 0 atom stereocenters. The zero-order valence-corrected chi connectivity index (χ0v) is 23.4. The fraction of sp³-hybridized carbons (Fsp3) is 0.941. The minimum Gasteiger partial charge on any atom is -0.103 e. The second-order valence-electron chi connectivity index (χ2n) is 13.2. The maximum Gasteiger partial charge on any atom is -0.0351 e. The van der Waals surface area contributed by atoms with Crippen molar-refractivity contribution in [2.45, 2.75) is 167 Å². The summed E-state index contributed by atoms with van der Waals surface area (Å²) in [6.07, 6.45) is 39.8. The van der Waals surface area contributed by atoms with E-state index in [0.717, 1.165) is 35.5 Å². The van der Waals surface area contributed by atoms with Gasteiger partial charge < -0.3 is 0 Å². The Kier molecular flexibility index (Phi) is 14.4. The molecule has 0 aliphatic heterocycles. The summed E-state index contributed by atoms with van der Waals surface area (Å²) in [5.74, 6) is 6.44. The molecule has 0 aromatic heterocycles. The summed E-state index contributed by atoms with van der Waals surface area (Å²) in [4.78, 5) is 0. The molecule has 0 aromatic carbocycles. The van der Waals surface area contributed by atoms with Gasteiger partial charge in [-0.25, -0.2) is 0 Å². The highest BCUT2D eigenvalue weighted by molar-refractivity contribution is 4.82. The predicted molar refractivity (Wildman–Crippen MR) is 152 cm³/mol. The highest BCUT2D eigenvalue weighted by Gasteiger charge is 2.30. The Morgan fingerprint density at radius 2 is 0.824 bits per heavy atom. The molecule has 0 heteroatoms. The van der Waals surface area contributed by atoms with E-state index in [2.05, 4.69) is 19.6 Å². The second kappa shape index (κ2) is 17.2. The van der Waals surface area contributed by atoms with Gasteiger partial charge in [0.05, 0.1) is 0 Å². The third-order valence-electron chi connectivity index (χ3n) is 10.6. The van der Waals surface area contributed by atoms with E-state index in [1.54, 1.807) is 64.2 Å². The highest BCUT2D eigenvalue weighted by atomic mass is 14.4. The van der Waals surface area contributed by atoms with Crippen LogP contribution in [0.1, 0.15) is 167 Å². The number of unbranched alkanes of at least 4 members (excludes halogenated alkanes) is 6. The lowest BCUT2D eigenvalue weighted by molar-refractivity contribution is 0.139. The van der Waals surface area contributed by atoms with E-state index in [0.29, 0.717) is 0 Å². The molecule has 0 unspecified atom stereocenters. The molecule has 3 saturated carbocycles. The van der Waals surface area contributed by atoms with Gasteiger partial charge in [-0.1, -0.05) is 135 Å². The van der Waals surface area contributed by atoms with Crippen molar-refractivity contribution in [3.05, 3.63) is 12.7 Å². The van der Waals surface area contributed by atoms with Crippen LogP contribution in [-0.4, -0.2) is 0 Å². The van der Waals surface area contributed by atoms with Crippen molar-refractivity contribution in [3.8, 4) is 0 Å². The first-order valence-corrected chi connectivity index (χ1v) is 16.4. The van der Waals surface area contributed by atoms with Crippen LogP contribution in [0, 0.1) is 35.5 Å². The van der Waals surface area contributed by atoms with Gasteiger partial charge in [-0.3, -0.25) is 0 Å². The van der Waals surface area contributed by atoms with Gasteiger partial charge >= 0.3 is 0 Å². The van der Waals surface area contributed by atoms with E-state index >= 15 is 0 Å². The van der Waals surface area contributed by atoms with Crippen LogP contribution in [0.15, 0.2) is 12.7 Å². The van der Waals surface area contributed by atoms with Gasteiger partial charge in [-0.2, -0.15) is 0 Å². The third kappa shape index (κ3) is 10.8. The van der Waals surface area contributed by atoms with Crippen LogP contribution < -0.4 is 0 Å². The number of rotatable bonds is 16. The molecule has 34 heavy (non-hydrogen) atoms. The molecule has 0 radical (unpaired) electrons. The summed E-state index contributed by atoms with van der Waals surface area (Å²) in [7, 11) is 0. The van der Waals surface area contributed by atoms with E-state index in [1.165, 1.54) is 96.3 Å². The predicted octanol–water partition coefficient (Wildman–Crippen LogP) is 11.7. The molecule has 0 N–H and O–H groups in total. The van der Waals surface area contributed by atoms with Crippen LogP contribution in [0.25, 0.3) is 0 Å². The van der Waals surface area contributed by atoms with E-state index in [9.17, 15) is 0 Å². The minimum absolute atomic E-state index is 1.01. The van der Waals surface area contributed by atoms with Crippen LogP contribution in [0.3, 0.4) is 0 Å². The Morgan fingerprint density at radius 3 is 1.26 bits per heavy atom. The molecule has 0 aromatic rings. The third-order valence-corrected chi connectivity index (χ3v) is 10.6. The zero-order valence-electron chi connectivity index (χ0n) is 23.4. The lowest BCUT2D eigenvalue weighted by Gasteiger charge is -2.38. The first-order chi connectivity index (χ1) is 16.8. The molecule has 0 bridgehead atoms. The molecule has 0 nitrogen and oxygen atoms in total. The van der Waals surface area contributed by atoms with Gasteiger partial charge in [0.15, 0.2) is 0 Å². The normalized spacial score (nSPS) is 32.5. The fourth-order valence-corrected chi connectivity index (χ4v) is 8.14. The van der Waals surface area contributed by atoms with Crippen molar-refractivity contribution < 1.29 is 0 Å². The molecule has 3 aliphatic rings.